The van der Waals surface area contributed by atoms with Crippen LogP contribution in [0.5, 0.6) is 5.75 Å². The maximum Gasteiger partial charge on any atom is 0.174 e. The molecule has 0 amide bonds. The van der Waals surface area contributed by atoms with E-state index in [1.807, 2.05) is 0 Å². The van der Waals surface area contributed by atoms with Gasteiger partial charge in [-0.25, -0.2) is 0 Å². The lowest BCUT2D eigenvalue weighted by Crippen LogP contribution is -2.19. The first-order valence-electron chi connectivity index (χ1n) is 7.03. The topological polar surface area (TPSA) is 47.0 Å². The molecule has 1 heterocycles. The quantitative estimate of drug-likeness (QED) is 0.747. The average Bonchev–Trinajstić information content (AvgIpc) is 3.03. The Bertz CT molecular complexity index is 546. The van der Waals surface area contributed by atoms with E-state index in [-0.39, 0.29) is 0 Å². The number of thioether (sulfide) groups is 1. The summed E-state index contributed by atoms with van der Waals surface area (Å²) in [6.07, 6.45) is 1.14. The zero-order valence-electron chi connectivity index (χ0n) is 12.6. The largest absolute Gasteiger partial charge is 0.496 e. The summed E-state index contributed by atoms with van der Waals surface area (Å²) in [5, 5.41) is 11.4. The minimum atomic E-state index is 0.348. The van der Waals surface area contributed by atoms with Gasteiger partial charge in [-0.3, -0.25) is 0 Å². The molecule has 1 atom stereocenters. The van der Waals surface area contributed by atoms with E-state index in [1.165, 1.54) is 11.1 Å². The summed E-state index contributed by atoms with van der Waals surface area (Å²) in [6, 6.07) is 6.75. The molecule has 0 bridgehead atoms. The highest BCUT2D eigenvalue weighted by Gasteiger charge is 2.10. The van der Waals surface area contributed by atoms with Crippen molar-refractivity contribution < 1.29 is 4.74 Å². The van der Waals surface area contributed by atoms with E-state index in [0.29, 0.717) is 6.04 Å². The van der Waals surface area contributed by atoms with Crippen molar-refractivity contribution in [1.82, 2.24) is 15.5 Å². The number of hydrogen-bond acceptors (Lipinski definition) is 6. The lowest BCUT2D eigenvalue weighted by Gasteiger charge is -2.16. The standard InChI is InChI=1S/C15H21N3OS2/c1-4-7-16-11(2)12-5-6-14(19-3)13(8-12)9-20-15-18-17-10-21-15/h5-6,8,10-11,16H,4,7,9H2,1-3H3. The molecule has 1 unspecified atom stereocenters. The smallest absolute Gasteiger partial charge is 0.174 e. The highest BCUT2D eigenvalue weighted by Crippen LogP contribution is 2.30. The van der Waals surface area contributed by atoms with Gasteiger partial charge in [0.05, 0.1) is 7.11 Å². The zero-order chi connectivity index (χ0) is 15.1. The normalized spacial score (nSPS) is 12.3. The Morgan fingerprint density at radius 1 is 1.43 bits per heavy atom. The van der Waals surface area contributed by atoms with E-state index in [4.69, 9.17) is 4.74 Å². The Morgan fingerprint density at radius 2 is 2.29 bits per heavy atom. The monoisotopic (exact) mass is 323 g/mol. The number of ether oxygens (including phenoxy) is 1. The van der Waals surface area contributed by atoms with Crippen LogP contribution in [0.1, 0.15) is 37.4 Å². The highest BCUT2D eigenvalue weighted by atomic mass is 32.2. The van der Waals surface area contributed by atoms with Gasteiger partial charge < -0.3 is 10.1 Å². The summed E-state index contributed by atoms with van der Waals surface area (Å²) < 4.78 is 6.45. The van der Waals surface area contributed by atoms with E-state index in [0.717, 1.165) is 28.8 Å². The van der Waals surface area contributed by atoms with E-state index in [1.54, 1.807) is 35.7 Å². The summed E-state index contributed by atoms with van der Waals surface area (Å²) >= 11 is 3.26. The number of nitrogens with zero attached hydrogens (tertiary/aromatic N) is 2. The highest BCUT2D eigenvalue weighted by molar-refractivity contribution is 8.00. The van der Waals surface area contributed by atoms with Crippen LogP contribution in [0.25, 0.3) is 0 Å². The van der Waals surface area contributed by atoms with Crippen molar-refractivity contribution in [3.05, 3.63) is 34.8 Å². The van der Waals surface area contributed by atoms with Crippen LogP contribution in [0, 0.1) is 0 Å². The van der Waals surface area contributed by atoms with Crippen LogP contribution in [-0.2, 0) is 5.75 Å². The number of methoxy groups -OCH3 is 1. The molecule has 1 aromatic heterocycles. The van der Waals surface area contributed by atoms with E-state index < -0.39 is 0 Å². The van der Waals surface area contributed by atoms with Crippen LogP contribution in [0.15, 0.2) is 28.0 Å². The van der Waals surface area contributed by atoms with Crippen molar-refractivity contribution in [2.45, 2.75) is 36.4 Å². The molecule has 1 aromatic carbocycles. The Balaban J connectivity index is 2.09. The maximum atomic E-state index is 5.46. The van der Waals surface area contributed by atoms with Gasteiger partial charge in [-0.1, -0.05) is 36.1 Å². The zero-order valence-corrected chi connectivity index (χ0v) is 14.3. The molecule has 114 valence electrons. The van der Waals surface area contributed by atoms with Crippen molar-refractivity contribution in [3.63, 3.8) is 0 Å². The number of rotatable bonds is 8. The minimum Gasteiger partial charge on any atom is -0.496 e. The third-order valence-corrected chi connectivity index (χ3v) is 5.11. The van der Waals surface area contributed by atoms with E-state index in [9.17, 15) is 0 Å². The van der Waals surface area contributed by atoms with Crippen molar-refractivity contribution in [2.75, 3.05) is 13.7 Å². The second-order valence-electron chi connectivity index (χ2n) is 4.74. The van der Waals surface area contributed by atoms with Gasteiger partial charge in [0, 0.05) is 17.4 Å². The van der Waals surface area contributed by atoms with Gasteiger partial charge >= 0.3 is 0 Å². The lowest BCUT2D eigenvalue weighted by molar-refractivity contribution is 0.411. The van der Waals surface area contributed by atoms with Gasteiger partial charge in [0.15, 0.2) is 4.34 Å². The molecular weight excluding hydrogens is 302 g/mol. The van der Waals surface area contributed by atoms with Crippen molar-refractivity contribution in [2.24, 2.45) is 0 Å². The Morgan fingerprint density at radius 3 is 2.95 bits per heavy atom. The average molecular weight is 323 g/mol. The molecule has 6 heteroatoms. The maximum absolute atomic E-state index is 5.46. The first-order chi connectivity index (χ1) is 10.2. The summed E-state index contributed by atoms with van der Waals surface area (Å²) in [6.45, 7) is 5.40. The molecule has 0 saturated carbocycles. The molecule has 4 nitrogen and oxygen atoms in total. The third-order valence-electron chi connectivity index (χ3n) is 3.20. The fraction of sp³-hybridized carbons (Fsp3) is 0.467. The van der Waals surface area contributed by atoms with Gasteiger partial charge in [0.1, 0.15) is 11.3 Å². The molecule has 0 radical (unpaired) electrons. The van der Waals surface area contributed by atoms with Gasteiger partial charge in [-0.05, 0) is 37.6 Å². The number of hydrogen-bond donors (Lipinski definition) is 1. The van der Waals surface area contributed by atoms with Crippen LogP contribution in [-0.4, -0.2) is 23.9 Å². The van der Waals surface area contributed by atoms with Crippen molar-refractivity contribution in [1.29, 1.82) is 0 Å². The minimum absolute atomic E-state index is 0.348. The molecule has 1 N–H and O–H groups in total. The van der Waals surface area contributed by atoms with E-state index >= 15 is 0 Å². The molecule has 2 rings (SSSR count). The SMILES string of the molecule is CCCNC(C)c1ccc(OC)c(CSc2nncs2)c1. The molecule has 0 aliphatic carbocycles. The summed E-state index contributed by atoms with van der Waals surface area (Å²) in [4.78, 5) is 0. The fourth-order valence-corrected chi connectivity index (χ4v) is 3.49. The molecule has 21 heavy (non-hydrogen) atoms. The molecular formula is C15H21N3OS2. The number of nitrogens with one attached hydrogen (secondary N) is 1. The second-order valence-corrected chi connectivity index (χ2v) is 6.80. The fourth-order valence-electron chi connectivity index (χ4n) is 2.02. The predicted octanol–water partition coefficient (Wildman–Crippen LogP) is 3.90. The number of benzene rings is 1. The van der Waals surface area contributed by atoms with Crippen LogP contribution in [0.2, 0.25) is 0 Å². The Labute approximate surface area is 134 Å². The van der Waals surface area contributed by atoms with Gasteiger partial charge in [-0.15, -0.1) is 10.2 Å². The van der Waals surface area contributed by atoms with Crippen LogP contribution in [0.3, 0.4) is 0 Å². The van der Waals surface area contributed by atoms with Crippen LogP contribution < -0.4 is 10.1 Å². The van der Waals surface area contributed by atoms with E-state index in [2.05, 4.69) is 47.6 Å². The van der Waals surface area contributed by atoms with Gasteiger partial charge in [0.2, 0.25) is 0 Å². The molecule has 0 fully saturated rings. The summed E-state index contributed by atoms with van der Waals surface area (Å²) in [5.41, 5.74) is 4.24. The second kappa shape index (κ2) is 8.36. The molecule has 0 spiro atoms. The Kier molecular flexibility index (Phi) is 6.48. The molecule has 0 aliphatic heterocycles. The Hall–Kier alpha value is -1.11. The molecule has 2 aromatic rings. The lowest BCUT2D eigenvalue weighted by atomic mass is 10.0. The van der Waals surface area contributed by atoms with Crippen molar-refractivity contribution in [3.8, 4) is 5.75 Å². The first kappa shape index (κ1) is 16.3. The summed E-state index contributed by atoms with van der Waals surface area (Å²) in [7, 11) is 1.72. The predicted molar refractivity (Wildman–Crippen MR) is 89.2 cm³/mol. The first-order valence-corrected chi connectivity index (χ1v) is 8.90. The van der Waals surface area contributed by atoms with Crippen LogP contribution in [0.4, 0.5) is 0 Å². The molecule has 0 saturated heterocycles. The molecule has 0 aliphatic rings. The van der Waals surface area contributed by atoms with Crippen molar-refractivity contribution >= 4 is 23.1 Å². The van der Waals surface area contributed by atoms with Crippen LogP contribution >= 0.6 is 23.1 Å². The van der Waals surface area contributed by atoms with Gasteiger partial charge in [-0.2, -0.15) is 0 Å². The number of aromatic nitrogens is 2. The third kappa shape index (κ3) is 4.69. The summed E-state index contributed by atoms with van der Waals surface area (Å²) in [5.74, 6) is 1.77. The van der Waals surface area contributed by atoms with Gasteiger partial charge in [0.25, 0.3) is 0 Å².